The van der Waals surface area contributed by atoms with E-state index in [1.54, 1.807) is 0 Å². The van der Waals surface area contributed by atoms with Crippen molar-refractivity contribution in [3.05, 3.63) is 0 Å². The molecule has 2 atom stereocenters. The van der Waals surface area contributed by atoms with Crippen LogP contribution in [-0.4, -0.2) is 13.5 Å². The van der Waals surface area contributed by atoms with Crippen LogP contribution < -0.4 is 0 Å². The first kappa shape index (κ1) is 14.4. The Balaban J connectivity index is 1.49. The first-order valence-electron chi connectivity index (χ1n) is 8.50. The molecule has 0 aromatic rings. The highest BCUT2D eigenvalue weighted by molar-refractivity contribution is 6.52. The van der Waals surface area contributed by atoms with Gasteiger partial charge in [-0.05, 0) is 37.3 Å². The van der Waals surface area contributed by atoms with E-state index in [2.05, 4.69) is 6.92 Å². The van der Waals surface area contributed by atoms with Crippen LogP contribution in [-0.2, 0) is 4.65 Å². The minimum Gasteiger partial charge on any atom is -0.436 e. The Labute approximate surface area is 114 Å². The molecule has 0 aromatic carbocycles. The van der Waals surface area contributed by atoms with Crippen molar-refractivity contribution >= 4 is 6.92 Å². The van der Waals surface area contributed by atoms with Crippen molar-refractivity contribution in [3.63, 3.8) is 0 Å². The molecule has 2 heteroatoms. The van der Waals surface area contributed by atoms with Crippen LogP contribution in [0.1, 0.15) is 71.1 Å². The van der Waals surface area contributed by atoms with E-state index in [0.29, 0.717) is 6.92 Å². The van der Waals surface area contributed by atoms with Crippen LogP contribution in [0, 0.1) is 11.8 Å². The molecule has 2 rings (SSSR count). The molecular weight excluding hydrogens is 219 g/mol. The summed E-state index contributed by atoms with van der Waals surface area (Å²) in [6.45, 7) is 3.92. The van der Waals surface area contributed by atoms with E-state index >= 15 is 0 Å². The Morgan fingerprint density at radius 3 is 2.33 bits per heavy atom. The van der Waals surface area contributed by atoms with Crippen molar-refractivity contribution in [3.8, 4) is 0 Å². The minimum absolute atomic E-state index is 0.615. The second-order valence-corrected chi connectivity index (χ2v) is 6.63. The summed E-state index contributed by atoms with van der Waals surface area (Å²) in [4.78, 5) is 0. The maximum absolute atomic E-state index is 6.13. The molecule has 2 aliphatic rings. The fourth-order valence-electron chi connectivity index (χ4n) is 3.94. The van der Waals surface area contributed by atoms with E-state index in [1.807, 2.05) is 0 Å². The standard InChI is InChI=1S/C16H31BO/c1-2-3-4-5-6-7-11-18-17-13-15-9-8-10-16(12-15)14-17/h15-16H,2-14H2,1H3. The number of unbranched alkanes of at least 4 members (excludes halogenated alkanes) is 5. The molecule has 0 radical (unpaired) electrons. The summed E-state index contributed by atoms with van der Waals surface area (Å²) >= 11 is 0. The van der Waals surface area contributed by atoms with E-state index in [0.717, 1.165) is 18.4 Å². The van der Waals surface area contributed by atoms with Crippen LogP contribution in [0.5, 0.6) is 0 Å². The van der Waals surface area contributed by atoms with Gasteiger partial charge in [0.1, 0.15) is 0 Å². The van der Waals surface area contributed by atoms with Crippen LogP contribution in [0.4, 0.5) is 0 Å². The predicted octanol–water partition coefficient (Wildman–Crippen LogP) is 5.18. The second kappa shape index (κ2) is 8.25. The van der Waals surface area contributed by atoms with E-state index in [4.69, 9.17) is 4.65 Å². The SMILES string of the molecule is CCCCCCCCOB1CC2CCCC(C1)C2. The van der Waals surface area contributed by atoms with E-state index in [9.17, 15) is 0 Å². The molecule has 0 amide bonds. The van der Waals surface area contributed by atoms with E-state index in [1.165, 1.54) is 76.8 Å². The van der Waals surface area contributed by atoms with Crippen LogP contribution >= 0.6 is 0 Å². The molecule has 1 saturated carbocycles. The molecule has 1 heterocycles. The van der Waals surface area contributed by atoms with Crippen molar-refractivity contribution < 1.29 is 4.65 Å². The van der Waals surface area contributed by atoms with Crippen LogP contribution in [0.2, 0.25) is 12.6 Å². The Hall–Kier alpha value is 0.0249. The largest absolute Gasteiger partial charge is 0.436 e. The Morgan fingerprint density at radius 2 is 1.61 bits per heavy atom. The number of hydrogen-bond donors (Lipinski definition) is 0. The minimum atomic E-state index is 0.615. The molecule has 0 N–H and O–H groups in total. The van der Waals surface area contributed by atoms with Crippen molar-refractivity contribution in [2.24, 2.45) is 11.8 Å². The average Bonchev–Trinajstić information content (AvgIpc) is 2.37. The van der Waals surface area contributed by atoms with Gasteiger partial charge in [-0.2, -0.15) is 0 Å². The fraction of sp³-hybridized carbons (Fsp3) is 1.00. The zero-order valence-electron chi connectivity index (χ0n) is 12.3. The van der Waals surface area contributed by atoms with E-state index in [-0.39, 0.29) is 0 Å². The Bertz CT molecular complexity index is 207. The quantitative estimate of drug-likeness (QED) is 0.426. The van der Waals surface area contributed by atoms with Gasteiger partial charge in [0.15, 0.2) is 0 Å². The molecule has 104 valence electrons. The fourth-order valence-corrected chi connectivity index (χ4v) is 3.94. The zero-order chi connectivity index (χ0) is 12.6. The number of rotatable bonds is 8. The lowest BCUT2D eigenvalue weighted by Crippen LogP contribution is -2.34. The smallest absolute Gasteiger partial charge is 0.293 e. The van der Waals surface area contributed by atoms with Gasteiger partial charge in [0.05, 0.1) is 0 Å². The van der Waals surface area contributed by atoms with Crippen molar-refractivity contribution in [2.75, 3.05) is 6.61 Å². The maximum atomic E-state index is 6.13. The van der Waals surface area contributed by atoms with Gasteiger partial charge >= 0.3 is 0 Å². The molecule has 0 spiro atoms. The monoisotopic (exact) mass is 250 g/mol. The van der Waals surface area contributed by atoms with Crippen molar-refractivity contribution in [1.29, 1.82) is 0 Å². The highest BCUT2D eigenvalue weighted by Gasteiger charge is 2.34. The summed E-state index contributed by atoms with van der Waals surface area (Å²) in [5.74, 6) is 2.01. The molecule has 0 aromatic heterocycles. The van der Waals surface area contributed by atoms with Gasteiger partial charge in [-0.15, -0.1) is 0 Å². The summed E-state index contributed by atoms with van der Waals surface area (Å²) in [7, 11) is 0. The van der Waals surface area contributed by atoms with Crippen LogP contribution in [0.3, 0.4) is 0 Å². The molecule has 2 bridgehead atoms. The second-order valence-electron chi connectivity index (χ2n) is 6.63. The molecule has 18 heavy (non-hydrogen) atoms. The third-order valence-corrected chi connectivity index (χ3v) is 4.94. The van der Waals surface area contributed by atoms with E-state index < -0.39 is 0 Å². The van der Waals surface area contributed by atoms with Gasteiger partial charge in [-0.25, -0.2) is 0 Å². The van der Waals surface area contributed by atoms with Gasteiger partial charge in [0, 0.05) is 6.61 Å². The summed E-state index contributed by atoms with van der Waals surface area (Å²) in [5.41, 5.74) is 0. The highest BCUT2D eigenvalue weighted by atomic mass is 16.4. The van der Waals surface area contributed by atoms with Crippen LogP contribution in [0.15, 0.2) is 0 Å². The molecule has 1 aliphatic carbocycles. The van der Waals surface area contributed by atoms with Gasteiger partial charge in [-0.3, -0.25) is 0 Å². The summed E-state index contributed by atoms with van der Waals surface area (Å²) in [6.07, 6.45) is 16.9. The van der Waals surface area contributed by atoms with Gasteiger partial charge in [0.25, 0.3) is 6.92 Å². The highest BCUT2D eigenvalue weighted by Crippen LogP contribution is 2.40. The summed E-state index contributed by atoms with van der Waals surface area (Å²) < 4.78 is 6.13. The predicted molar refractivity (Wildman–Crippen MR) is 80.1 cm³/mol. The molecule has 2 unspecified atom stereocenters. The van der Waals surface area contributed by atoms with Gasteiger partial charge in [0.2, 0.25) is 0 Å². The first-order chi connectivity index (χ1) is 8.88. The molecule has 1 saturated heterocycles. The summed E-state index contributed by atoms with van der Waals surface area (Å²) in [5, 5.41) is 0. The van der Waals surface area contributed by atoms with Crippen molar-refractivity contribution in [2.45, 2.75) is 83.8 Å². The lowest BCUT2D eigenvalue weighted by molar-refractivity contribution is 0.234. The molecule has 2 fully saturated rings. The van der Waals surface area contributed by atoms with Crippen molar-refractivity contribution in [1.82, 2.24) is 0 Å². The van der Waals surface area contributed by atoms with Gasteiger partial charge in [-0.1, -0.05) is 58.3 Å². The lowest BCUT2D eigenvalue weighted by Gasteiger charge is -2.37. The molecular formula is C16H31BO. The average molecular weight is 250 g/mol. The molecule has 1 nitrogen and oxygen atoms in total. The number of fused-ring (bicyclic) bond motifs is 2. The summed E-state index contributed by atoms with van der Waals surface area (Å²) in [6, 6.07) is 0. The topological polar surface area (TPSA) is 9.23 Å². The molecule has 1 aliphatic heterocycles. The Kier molecular flexibility index (Phi) is 6.61. The lowest BCUT2D eigenvalue weighted by atomic mass is 9.47. The first-order valence-corrected chi connectivity index (χ1v) is 8.50. The zero-order valence-corrected chi connectivity index (χ0v) is 12.3. The maximum Gasteiger partial charge on any atom is 0.293 e. The third kappa shape index (κ3) is 4.95. The van der Waals surface area contributed by atoms with Crippen LogP contribution in [0.25, 0.3) is 0 Å². The normalized spacial score (nSPS) is 27.5. The third-order valence-electron chi connectivity index (χ3n) is 4.94. The Morgan fingerprint density at radius 1 is 0.944 bits per heavy atom. The van der Waals surface area contributed by atoms with Gasteiger partial charge < -0.3 is 4.65 Å². The number of hydrogen-bond acceptors (Lipinski definition) is 1.